The van der Waals surface area contributed by atoms with Crippen molar-refractivity contribution in [2.45, 2.75) is 117 Å². The van der Waals surface area contributed by atoms with Gasteiger partial charge in [-0.3, -0.25) is 0 Å². The van der Waals surface area contributed by atoms with E-state index in [1.807, 2.05) is 0 Å². The Hall–Kier alpha value is 0.404. The highest BCUT2D eigenvalue weighted by Crippen LogP contribution is 2.35. The highest BCUT2D eigenvalue weighted by molar-refractivity contribution is 6.92. The molecule has 0 aromatic heterocycles. The lowest BCUT2D eigenvalue weighted by Gasteiger charge is -2.45. The smallest absolute Gasteiger partial charge is 0.319 e. The van der Waals surface area contributed by atoms with E-state index in [1.54, 1.807) is 0 Å². The molecule has 184 valence electrons. The topological polar surface area (TPSA) is 36.9 Å². The predicted octanol–water partition coefficient (Wildman–Crippen LogP) is 7.68. The van der Waals surface area contributed by atoms with Gasteiger partial charge in [0.1, 0.15) is 0 Å². The van der Waals surface area contributed by atoms with Gasteiger partial charge in [0.05, 0.1) is 0 Å². The van der Waals surface area contributed by atoms with Gasteiger partial charge >= 0.3 is 26.4 Å². The van der Waals surface area contributed by atoms with Gasteiger partial charge in [-0.2, -0.15) is 0 Å². The molecule has 0 N–H and O–H groups in total. The van der Waals surface area contributed by atoms with Crippen molar-refractivity contribution in [2.24, 2.45) is 0 Å². The van der Waals surface area contributed by atoms with Crippen molar-refractivity contribution >= 4 is 43.0 Å². The van der Waals surface area contributed by atoms with Crippen molar-refractivity contribution in [3.05, 3.63) is 24.6 Å². The summed E-state index contributed by atoms with van der Waals surface area (Å²) in [5, 5.41) is 0. The summed E-state index contributed by atoms with van der Waals surface area (Å²) in [4.78, 5) is 0. The summed E-state index contributed by atoms with van der Waals surface area (Å²) < 4.78 is 28.1. The molecule has 0 aromatic carbocycles. The van der Waals surface area contributed by atoms with Crippen molar-refractivity contribution in [1.29, 1.82) is 0 Å². The SMILES string of the molecule is C=C[Si](CC)(CC)O[SiH](CC)O[Si](CC)(CC)O[Si](CC)(CC)O[Si](C=C)(CC)CC. The van der Waals surface area contributed by atoms with Gasteiger partial charge in [-0.1, -0.05) is 73.7 Å². The van der Waals surface area contributed by atoms with Crippen LogP contribution in [0.15, 0.2) is 24.6 Å². The zero-order valence-corrected chi connectivity index (χ0v) is 27.3. The van der Waals surface area contributed by atoms with Crippen LogP contribution in [-0.4, -0.2) is 43.0 Å². The van der Waals surface area contributed by atoms with Crippen molar-refractivity contribution in [3.63, 3.8) is 0 Å². The van der Waals surface area contributed by atoms with E-state index >= 15 is 0 Å². The van der Waals surface area contributed by atoms with Gasteiger partial charge in [0, 0.05) is 0 Å². The van der Waals surface area contributed by atoms with E-state index in [0.29, 0.717) is 0 Å². The third kappa shape index (κ3) is 8.29. The number of hydrogen-bond acceptors (Lipinski definition) is 4. The molecule has 0 rings (SSSR count). The molecule has 0 aliphatic heterocycles. The molecule has 31 heavy (non-hydrogen) atoms. The van der Waals surface area contributed by atoms with Gasteiger partial charge in [0.15, 0.2) is 0 Å². The molecule has 0 radical (unpaired) electrons. The summed E-state index contributed by atoms with van der Waals surface area (Å²) in [6.45, 7) is 28.4. The molecule has 9 heteroatoms. The molecule has 0 saturated heterocycles. The molecular weight excluding hydrogens is 469 g/mol. The van der Waals surface area contributed by atoms with Crippen molar-refractivity contribution < 1.29 is 16.5 Å². The van der Waals surface area contributed by atoms with Gasteiger partial charge in [-0.05, 0) is 54.4 Å². The van der Waals surface area contributed by atoms with E-state index in [2.05, 4.69) is 86.9 Å². The van der Waals surface area contributed by atoms with Crippen LogP contribution in [0, 0.1) is 0 Å². The van der Waals surface area contributed by atoms with Crippen LogP contribution in [0.2, 0.25) is 54.4 Å². The van der Waals surface area contributed by atoms with Gasteiger partial charge in [-0.25, -0.2) is 0 Å². The molecule has 0 amide bonds. The molecule has 0 saturated carbocycles. The average Bonchev–Trinajstić information content (AvgIpc) is 2.84. The van der Waals surface area contributed by atoms with Crippen molar-refractivity contribution in [3.8, 4) is 0 Å². The van der Waals surface area contributed by atoms with E-state index in [9.17, 15) is 0 Å². The molecule has 0 aromatic rings. The maximum Gasteiger partial charge on any atom is 0.319 e. The Morgan fingerprint density at radius 3 is 1.26 bits per heavy atom. The third-order valence-corrected chi connectivity index (χ3v) is 30.1. The first-order valence-corrected chi connectivity index (χ1v) is 23.7. The first-order chi connectivity index (χ1) is 14.7. The van der Waals surface area contributed by atoms with Gasteiger partial charge < -0.3 is 16.5 Å². The molecule has 0 fully saturated rings. The summed E-state index contributed by atoms with van der Waals surface area (Å²) in [7, 11) is -10.6. The molecule has 0 aliphatic rings. The Morgan fingerprint density at radius 2 is 0.968 bits per heavy atom. The molecule has 4 nitrogen and oxygen atoms in total. The zero-order chi connectivity index (χ0) is 24.2. The molecule has 1 atom stereocenters. The second-order valence-electron chi connectivity index (χ2n) is 8.47. The Balaban J connectivity index is 5.97. The summed E-state index contributed by atoms with van der Waals surface area (Å²) in [6, 6.07) is 8.97. The predicted molar refractivity (Wildman–Crippen MR) is 149 cm³/mol. The van der Waals surface area contributed by atoms with Crippen LogP contribution in [0.5, 0.6) is 0 Å². The lowest BCUT2D eigenvalue weighted by Crippen LogP contribution is -2.60. The van der Waals surface area contributed by atoms with Crippen LogP contribution in [0.3, 0.4) is 0 Å². The zero-order valence-electron chi connectivity index (χ0n) is 22.1. The number of rotatable bonds is 19. The fourth-order valence-corrected chi connectivity index (χ4v) is 28.0. The van der Waals surface area contributed by atoms with Crippen LogP contribution in [-0.2, 0) is 16.5 Å². The molecular formula is C22H52O4Si5. The summed E-state index contributed by atoms with van der Waals surface area (Å²) in [5.41, 5.74) is 4.24. The molecule has 0 bridgehead atoms. The number of hydrogen-bond donors (Lipinski definition) is 0. The standard InChI is InChI=1S/C22H52O4Si5/c1-12-27(23-28(13-2,14-3)15-4)24-30(19-8,20-9)26-31(21-10,22-11)25-29(16-5,17-6)18-7/h13,16,27H,2,5,12,14-15,17-22H2,1,3-4,6-11H3. The molecule has 0 aliphatic carbocycles. The van der Waals surface area contributed by atoms with Crippen molar-refractivity contribution in [2.75, 3.05) is 0 Å². The normalized spacial score (nSPS) is 14.5. The van der Waals surface area contributed by atoms with Gasteiger partial charge in [0.25, 0.3) is 0 Å². The van der Waals surface area contributed by atoms with Crippen LogP contribution < -0.4 is 0 Å². The minimum absolute atomic E-state index is 0.941. The summed E-state index contributed by atoms with van der Waals surface area (Å²) in [6.07, 6.45) is 0. The van der Waals surface area contributed by atoms with Gasteiger partial charge in [-0.15, -0.1) is 13.2 Å². The fraction of sp³-hybridized carbons (Fsp3) is 0.818. The maximum absolute atomic E-state index is 7.20. The Morgan fingerprint density at radius 1 is 0.548 bits per heavy atom. The Bertz CT molecular complexity index is 516. The second kappa shape index (κ2) is 14.6. The van der Waals surface area contributed by atoms with Gasteiger partial charge in [0.2, 0.25) is 16.6 Å². The molecule has 0 spiro atoms. The summed E-state index contributed by atoms with van der Waals surface area (Å²) >= 11 is 0. The van der Waals surface area contributed by atoms with E-state index in [1.165, 1.54) is 0 Å². The first-order valence-electron chi connectivity index (χ1n) is 12.7. The third-order valence-electron chi connectivity index (χ3n) is 7.10. The molecule has 0 heterocycles. The maximum atomic E-state index is 7.20. The Labute approximate surface area is 200 Å². The lowest BCUT2D eigenvalue weighted by molar-refractivity contribution is 0.288. The van der Waals surface area contributed by atoms with Crippen LogP contribution in [0.4, 0.5) is 0 Å². The lowest BCUT2D eigenvalue weighted by atomic mass is 10.9. The van der Waals surface area contributed by atoms with E-state index in [0.717, 1.165) is 54.4 Å². The average molecular weight is 521 g/mol. The first kappa shape index (κ1) is 31.4. The minimum atomic E-state index is -2.43. The summed E-state index contributed by atoms with van der Waals surface area (Å²) in [5.74, 6) is 0. The minimum Gasteiger partial charge on any atom is -0.435 e. The Kier molecular flexibility index (Phi) is 14.8. The second-order valence-corrected chi connectivity index (χ2v) is 28.0. The fourth-order valence-electron chi connectivity index (χ4n) is 4.02. The van der Waals surface area contributed by atoms with E-state index in [-0.39, 0.29) is 0 Å². The van der Waals surface area contributed by atoms with E-state index in [4.69, 9.17) is 16.5 Å². The van der Waals surface area contributed by atoms with Crippen molar-refractivity contribution in [1.82, 2.24) is 0 Å². The van der Waals surface area contributed by atoms with Crippen LogP contribution in [0.1, 0.15) is 62.3 Å². The quantitative estimate of drug-likeness (QED) is 0.164. The van der Waals surface area contributed by atoms with E-state index < -0.39 is 43.0 Å². The molecule has 1 unspecified atom stereocenters. The monoisotopic (exact) mass is 520 g/mol. The van der Waals surface area contributed by atoms with Crippen LogP contribution in [0.25, 0.3) is 0 Å². The highest BCUT2D eigenvalue weighted by Gasteiger charge is 2.50. The highest BCUT2D eigenvalue weighted by atomic mass is 28.5. The largest absolute Gasteiger partial charge is 0.435 e. The van der Waals surface area contributed by atoms with Crippen LogP contribution >= 0.6 is 0 Å².